The zero-order valence-electron chi connectivity index (χ0n) is 11.4. The van der Waals surface area contributed by atoms with Crippen LogP contribution in [0.2, 0.25) is 0 Å². The van der Waals surface area contributed by atoms with E-state index in [-0.39, 0.29) is 11.8 Å². The quantitative estimate of drug-likeness (QED) is 0.781. The summed E-state index contributed by atoms with van der Waals surface area (Å²) in [4.78, 5) is 10.4. The van der Waals surface area contributed by atoms with Crippen LogP contribution in [0.5, 0.6) is 0 Å². The molecule has 0 aliphatic rings. The number of benzene rings is 1. The van der Waals surface area contributed by atoms with Gasteiger partial charge in [-0.1, -0.05) is 44.2 Å². The maximum atomic E-state index is 10.4. The Kier molecular flexibility index (Phi) is 5.35. The minimum Gasteiger partial charge on any atom is -0.481 e. The fourth-order valence-corrected chi connectivity index (χ4v) is 2.27. The molecule has 0 radical (unpaired) electrons. The van der Waals surface area contributed by atoms with Gasteiger partial charge in [-0.2, -0.15) is 0 Å². The van der Waals surface area contributed by atoms with E-state index >= 15 is 0 Å². The molecule has 1 atom stereocenters. The molecule has 0 aliphatic heterocycles. The molecule has 0 aromatic heterocycles. The molecular weight excluding hydrogens is 226 g/mol. The minimum absolute atomic E-state index is 0.0941. The normalized spacial score (nSPS) is 13.3. The fraction of sp³-hybridized carbons (Fsp3) is 0.533. The second kappa shape index (κ2) is 6.55. The van der Waals surface area contributed by atoms with Crippen molar-refractivity contribution in [1.82, 2.24) is 5.32 Å². The number of aliphatic carboxylic acids is 1. The van der Waals surface area contributed by atoms with Gasteiger partial charge < -0.3 is 10.4 Å². The highest BCUT2D eigenvalue weighted by Gasteiger charge is 2.22. The van der Waals surface area contributed by atoms with Gasteiger partial charge >= 0.3 is 5.97 Å². The molecule has 100 valence electrons. The van der Waals surface area contributed by atoms with E-state index in [0.29, 0.717) is 12.6 Å². The Morgan fingerprint density at radius 1 is 1.33 bits per heavy atom. The Labute approximate surface area is 109 Å². The third kappa shape index (κ3) is 4.88. The van der Waals surface area contributed by atoms with E-state index < -0.39 is 5.97 Å². The van der Waals surface area contributed by atoms with Gasteiger partial charge in [0.25, 0.3) is 0 Å². The van der Waals surface area contributed by atoms with Gasteiger partial charge in [0.2, 0.25) is 0 Å². The second-order valence-corrected chi connectivity index (χ2v) is 5.45. The van der Waals surface area contributed by atoms with Crippen molar-refractivity contribution in [3.63, 3.8) is 0 Å². The van der Waals surface area contributed by atoms with Crippen molar-refractivity contribution in [2.45, 2.75) is 45.1 Å². The molecule has 3 heteroatoms. The Morgan fingerprint density at radius 3 is 2.50 bits per heavy atom. The lowest BCUT2D eigenvalue weighted by atomic mass is 9.79. The van der Waals surface area contributed by atoms with E-state index in [1.165, 1.54) is 5.56 Å². The molecular formula is C15H23NO2. The second-order valence-electron chi connectivity index (χ2n) is 5.45. The number of carbonyl (C=O) groups is 1. The summed E-state index contributed by atoms with van der Waals surface area (Å²) in [7, 11) is 0. The van der Waals surface area contributed by atoms with Crippen molar-refractivity contribution >= 4 is 5.97 Å². The van der Waals surface area contributed by atoms with Crippen molar-refractivity contribution < 1.29 is 9.90 Å². The molecule has 0 spiro atoms. The zero-order valence-corrected chi connectivity index (χ0v) is 11.4. The first kappa shape index (κ1) is 14.7. The van der Waals surface area contributed by atoms with Gasteiger partial charge in [0.1, 0.15) is 0 Å². The Balaban J connectivity index is 2.47. The van der Waals surface area contributed by atoms with Crippen molar-refractivity contribution in [3.8, 4) is 0 Å². The van der Waals surface area contributed by atoms with Gasteiger partial charge in [-0.3, -0.25) is 4.79 Å². The standard InChI is InChI=1S/C15H23NO2/c1-12(16-10-9-14(17)18)11-15(2,3)13-7-5-4-6-8-13/h4-8,12,16H,9-11H2,1-3H3,(H,17,18). The first-order valence-electron chi connectivity index (χ1n) is 6.42. The average Bonchev–Trinajstić information content (AvgIpc) is 2.29. The van der Waals surface area contributed by atoms with Crippen LogP contribution in [0.15, 0.2) is 30.3 Å². The summed E-state index contributed by atoms with van der Waals surface area (Å²) in [5.74, 6) is -0.753. The molecule has 2 N–H and O–H groups in total. The van der Waals surface area contributed by atoms with Crippen LogP contribution < -0.4 is 5.32 Å². The maximum Gasteiger partial charge on any atom is 0.304 e. The Hall–Kier alpha value is -1.35. The molecule has 1 aromatic carbocycles. The highest BCUT2D eigenvalue weighted by Crippen LogP contribution is 2.27. The molecule has 0 aliphatic carbocycles. The smallest absolute Gasteiger partial charge is 0.304 e. The van der Waals surface area contributed by atoms with E-state index in [1.54, 1.807) is 0 Å². The van der Waals surface area contributed by atoms with Crippen LogP contribution in [-0.2, 0) is 10.2 Å². The molecule has 0 saturated carbocycles. The number of carboxylic acid groups (broad SMARTS) is 1. The van der Waals surface area contributed by atoms with Crippen LogP contribution in [0.4, 0.5) is 0 Å². The van der Waals surface area contributed by atoms with E-state index in [4.69, 9.17) is 5.11 Å². The van der Waals surface area contributed by atoms with Gasteiger partial charge in [-0.05, 0) is 24.3 Å². The molecule has 18 heavy (non-hydrogen) atoms. The molecule has 0 bridgehead atoms. The molecule has 1 unspecified atom stereocenters. The number of hydrogen-bond donors (Lipinski definition) is 2. The molecule has 0 saturated heterocycles. The van der Waals surface area contributed by atoms with Gasteiger partial charge in [0, 0.05) is 12.6 Å². The zero-order chi connectivity index (χ0) is 13.6. The van der Waals surface area contributed by atoms with E-state index in [2.05, 4.69) is 50.4 Å². The van der Waals surface area contributed by atoms with Gasteiger partial charge in [0.05, 0.1) is 6.42 Å². The molecule has 1 aromatic rings. The van der Waals surface area contributed by atoms with Crippen molar-refractivity contribution in [3.05, 3.63) is 35.9 Å². The van der Waals surface area contributed by atoms with Crippen LogP contribution >= 0.6 is 0 Å². The van der Waals surface area contributed by atoms with Crippen LogP contribution in [-0.4, -0.2) is 23.7 Å². The van der Waals surface area contributed by atoms with Crippen molar-refractivity contribution in [2.75, 3.05) is 6.54 Å². The molecule has 0 amide bonds. The monoisotopic (exact) mass is 249 g/mol. The predicted molar refractivity (Wildman–Crippen MR) is 73.8 cm³/mol. The number of hydrogen-bond acceptors (Lipinski definition) is 2. The third-order valence-electron chi connectivity index (χ3n) is 3.20. The average molecular weight is 249 g/mol. The van der Waals surface area contributed by atoms with Crippen molar-refractivity contribution in [2.24, 2.45) is 0 Å². The third-order valence-corrected chi connectivity index (χ3v) is 3.20. The molecule has 3 nitrogen and oxygen atoms in total. The summed E-state index contributed by atoms with van der Waals surface area (Å²) in [5, 5.41) is 11.9. The predicted octanol–water partition coefficient (Wildman–Crippen LogP) is 2.81. The summed E-state index contributed by atoms with van der Waals surface area (Å²) in [5.41, 5.74) is 1.41. The van der Waals surface area contributed by atoms with Crippen LogP contribution in [0, 0.1) is 0 Å². The number of rotatable bonds is 7. The summed E-state index contributed by atoms with van der Waals surface area (Å²) >= 11 is 0. The largest absolute Gasteiger partial charge is 0.481 e. The minimum atomic E-state index is -0.753. The van der Waals surface area contributed by atoms with E-state index in [9.17, 15) is 4.79 Å². The Morgan fingerprint density at radius 2 is 1.94 bits per heavy atom. The number of nitrogens with one attached hydrogen (secondary N) is 1. The van der Waals surface area contributed by atoms with Crippen LogP contribution in [0.3, 0.4) is 0 Å². The van der Waals surface area contributed by atoms with Crippen LogP contribution in [0.1, 0.15) is 39.2 Å². The van der Waals surface area contributed by atoms with Crippen LogP contribution in [0.25, 0.3) is 0 Å². The van der Waals surface area contributed by atoms with E-state index in [1.807, 2.05) is 6.07 Å². The van der Waals surface area contributed by atoms with Gasteiger partial charge in [0.15, 0.2) is 0 Å². The maximum absolute atomic E-state index is 10.4. The highest BCUT2D eigenvalue weighted by atomic mass is 16.4. The first-order valence-corrected chi connectivity index (χ1v) is 6.42. The molecule has 0 heterocycles. The van der Waals surface area contributed by atoms with Crippen molar-refractivity contribution in [1.29, 1.82) is 0 Å². The Bertz CT molecular complexity index is 373. The molecule has 0 fully saturated rings. The van der Waals surface area contributed by atoms with Gasteiger partial charge in [-0.25, -0.2) is 0 Å². The highest BCUT2D eigenvalue weighted by molar-refractivity contribution is 5.66. The SMILES string of the molecule is CC(CC(C)(C)c1ccccc1)NCCC(=O)O. The summed E-state index contributed by atoms with van der Waals surface area (Å²) in [6, 6.07) is 10.7. The first-order chi connectivity index (χ1) is 8.42. The summed E-state index contributed by atoms with van der Waals surface area (Å²) < 4.78 is 0. The summed E-state index contributed by atoms with van der Waals surface area (Å²) in [6.07, 6.45) is 1.16. The summed E-state index contributed by atoms with van der Waals surface area (Å²) in [6.45, 7) is 7.07. The molecule has 1 rings (SSSR count). The fourth-order valence-electron chi connectivity index (χ4n) is 2.27. The number of carboxylic acids is 1. The lowest BCUT2D eigenvalue weighted by Crippen LogP contribution is -2.34. The topological polar surface area (TPSA) is 49.3 Å². The lowest BCUT2D eigenvalue weighted by Gasteiger charge is -2.29. The van der Waals surface area contributed by atoms with E-state index in [0.717, 1.165) is 6.42 Å². The lowest BCUT2D eigenvalue weighted by molar-refractivity contribution is -0.136. The van der Waals surface area contributed by atoms with Gasteiger partial charge in [-0.15, -0.1) is 0 Å².